The third-order valence-electron chi connectivity index (χ3n) is 2.85. The van der Waals surface area contributed by atoms with Crippen molar-refractivity contribution < 1.29 is 4.79 Å². The van der Waals surface area contributed by atoms with Gasteiger partial charge in [0, 0.05) is 12.5 Å². The van der Waals surface area contributed by atoms with Gasteiger partial charge in [-0.3, -0.25) is 4.79 Å². The van der Waals surface area contributed by atoms with Gasteiger partial charge in [-0.2, -0.15) is 0 Å². The van der Waals surface area contributed by atoms with Crippen molar-refractivity contribution in [1.29, 1.82) is 0 Å². The third-order valence-corrected chi connectivity index (χ3v) is 2.85. The van der Waals surface area contributed by atoms with Gasteiger partial charge >= 0.3 is 0 Å². The van der Waals surface area contributed by atoms with E-state index in [2.05, 4.69) is 33.0 Å². The minimum absolute atomic E-state index is 0.241. The zero-order chi connectivity index (χ0) is 9.30. The Hall–Kier alpha value is -0.530. The van der Waals surface area contributed by atoms with E-state index in [1.807, 2.05) is 0 Å². The zero-order valence-electron chi connectivity index (χ0n) is 8.42. The van der Waals surface area contributed by atoms with E-state index in [4.69, 9.17) is 0 Å². The van der Waals surface area contributed by atoms with Gasteiger partial charge in [0.2, 0.25) is 5.91 Å². The molecule has 0 aromatic carbocycles. The van der Waals surface area contributed by atoms with Crippen molar-refractivity contribution in [3.63, 3.8) is 0 Å². The molecule has 1 fully saturated rings. The molecule has 0 radical (unpaired) electrons. The lowest BCUT2D eigenvalue weighted by atomic mass is 9.79. The van der Waals surface area contributed by atoms with Crippen LogP contribution in [0, 0.1) is 23.7 Å². The van der Waals surface area contributed by atoms with E-state index >= 15 is 0 Å². The van der Waals surface area contributed by atoms with Gasteiger partial charge in [-0.25, -0.2) is 0 Å². The summed E-state index contributed by atoms with van der Waals surface area (Å²) >= 11 is 0. The molecule has 2 nitrogen and oxygen atoms in total. The van der Waals surface area contributed by atoms with Crippen LogP contribution in [0.1, 0.15) is 27.7 Å². The molecule has 1 N–H and O–H groups in total. The Kier molecular flexibility index (Phi) is 2.76. The van der Waals surface area contributed by atoms with E-state index < -0.39 is 0 Å². The first-order valence-electron chi connectivity index (χ1n) is 4.81. The van der Waals surface area contributed by atoms with Crippen LogP contribution in [0.4, 0.5) is 0 Å². The summed E-state index contributed by atoms with van der Waals surface area (Å²) in [6.45, 7) is 9.52. The Morgan fingerprint density at radius 3 is 2.17 bits per heavy atom. The average molecular weight is 169 g/mol. The molecule has 2 heteroatoms. The predicted molar refractivity (Wildman–Crippen MR) is 49.7 cm³/mol. The summed E-state index contributed by atoms with van der Waals surface area (Å²) in [5, 5.41) is 2.94. The molecule has 1 rings (SSSR count). The Balaban J connectivity index is 2.70. The maximum atomic E-state index is 11.4. The van der Waals surface area contributed by atoms with Crippen molar-refractivity contribution in [3.8, 4) is 0 Å². The highest BCUT2D eigenvalue weighted by Gasteiger charge is 2.37. The maximum Gasteiger partial charge on any atom is 0.223 e. The van der Waals surface area contributed by atoms with Gasteiger partial charge < -0.3 is 5.32 Å². The average Bonchev–Trinajstić information content (AvgIpc) is 2.30. The monoisotopic (exact) mass is 169 g/mol. The molecule has 0 spiro atoms. The van der Waals surface area contributed by atoms with Crippen LogP contribution in [-0.4, -0.2) is 12.5 Å². The number of amides is 1. The maximum absolute atomic E-state index is 11.4. The Labute approximate surface area is 74.7 Å². The van der Waals surface area contributed by atoms with Crippen LogP contribution in [0.25, 0.3) is 0 Å². The van der Waals surface area contributed by atoms with Gasteiger partial charge in [0.15, 0.2) is 0 Å². The minimum Gasteiger partial charge on any atom is -0.356 e. The van der Waals surface area contributed by atoms with Crippen molar-refractivity contribution in [2.24, 2.45) is 23.7 Å². The first-order valence-corrected chi connectivity index (χ1v) is 4.81. The van der Waals surface area contributed by atoms with Crippen LogP contribution < -0.4 is 5.32 Å². The molecule has 1 heterocycles. The highest BCUT2D eigenvalue weighted by Crippen LogP contribution is 2.30. The minimum atomic E-state index is 0.241. The van der Waals surface area contributed by atoms with Crippen molar-refractivity contribution in [2.75, 3.05) is 6.54 Å². The lowest BCUT2D eigenvalue weighted by molar-refractivity contribution is -0.124. The Bertz CT molecular complexity index is 175. The third kappa shape index (κ3) is 1.62. The molecule has 0 aliphatic carbocycles. The molecule has 0 bridgehead atoms. The molecule has 1 unspecified atom stereocenters. The van der Waals surface area contributed by atoms with Crippen LogP contribution in [0.2, 0.25) is 0 Å². The van der Waals surface area contributed by atoms with Crippen LogP contribution in [0.15, 0.2) is 0 Å². The molecule has 1 aliphatic rings. The second-order valence-corrected chi connectivity index (χ2v) is 4.42. The van der Waals surface area contributed by atoms with E-state index in [0.29, 0.717) is 17.8 Å². The van der Waals surface area contributed by atoms with Crippen LogP contribution in [-0.2, 0) is 4.79 Å². The van der Waals surface area contributed by atoms with Crippen molar-refractivity contribution >= 4 is 5.91 Å². The van der Waals surface area contributed by atoms with Gasteiger partial charge in [0.1, 0.15) is 0 Å². The highest BCUT2D eigenvalue weighted by atomic mass is 16.2. The fourth-order valence-corrected chi connectivity index (χ4v) is 2.11. The van der Waals surface area contributed by atoms with Gasteiger partial charge in [0.05, 0.1) is 0 Å². The molecule has 1 aliphatic heterocycles. The summed E-state index contributed by atoms with van der Waals surface area (Å²) in [6, 6.07) is 0. The fourth-order valence-electron chi connectivity index (χ4n) is 2.11. The lowest BCUT2D eigenvalue weighted by Gasteiger charge is -2.22. The first-order chi connectivity index (χ1) is 5.54. The molecule has 2 atom stereocenters. The second-order valence-electron chi connectivity index (χ2n) is 4.42. The van der Waals surface area contributed by atoms with Crippen LogP contribution >= 0.6 is 0 Å². The largest absolute Gasteiger partial charge is 0.356 e. The summed E-state index contributed by atoms with van der Waals surface area (Å²) in [5.74, 6) is 2.11. The summed E-state index contributed by atoms with van der Waals surface area (Å²) in [7, 11) is 0. The Morgan fingerprint density at radius 1 is 1.25 bits per heavy atom. The van der Waals surface area contributed by atoms with E-state index in [1.165, 1.54) is 0 Å². The smallest absolute Gasteiger partial charge is 0.223 e. The zero-order valence-corrected chi connectivity index (χ0v) is 8.42. The molecule has 0 aromatic rings. The quantitative estimate of drug-likeness (QED) is 0.669. The number of rotatable bonds is 2. The van der Waals surface area contributed by atoms with Gasteiger partial charge in [-0.15, -0.1) is 0 Å². The van der Waals surface area contributed by atoms with Crippen molar-refractivity contribution in [3.05, 3.63) is 0 Å². The number of nitrogens with one attached hydrogen (secondary N) is 1. The Morgan fingerprint density at radius 2 is 1.83 bits per heavy atom. The number of hydrogen-bond donors (Lipinski definition) is 1. The molecule has 1 saturated heterocycles. The fraction of sp³-hybridized carbons (Fsp3) is 0.900. The summed E-state index contributed by atoms with van der Waals surface area (Å²) < 4.78 is 0. The van der Waals surface area contributed by atoms with Gasteiger partial charge in [0.25, 0.3) is 0 Å². The highest BCUT2D eigenvalue weighted by molar-refractivity contribution is 5.81. The second kappa shape index (κ2) is 3.46. The molecule has 12 heavy (non-hydrogen) atoms. The summed E-state index contributed by atoms with van der Waals surface area (Å²) in [6.07, 6.45) is 0. The summed E-state index contributed by atoms with van der Waals surface area (Å²) in [4.78, 5) is 11.4. The predicted octanol–water partition coefficient (Wildman–Crippen LogP) is 1.66. The number of hydrogen-bond acceptors (Lipinski definition) is 1. The lowest BCUT2D eigenvalue weighted by Crippen LogP contribution is -2.26. The topological polar surface area (TPSA) is 29.1 Å². The van der Waals surface area contributed by atoms with Crippen LogP contribution in [0.5, 0.6) is 0 Å². The molecule has 0 aromatic heterocycles. The van der Waals surface area contributed by atoms with E-state index in [0.717, 1.165) is 6.54 Å². The number of carbonyl (C=O) groups is 1. The molecule has 70 valence electrons. The summed E-state index contributed by atoms with van der Waals surface area (Å²) in [5.41, 5.74) is 0. The van der Waals surface area contributed by atoms with Crippen molar-refractivity contribution in [1.82, 2.24) is 5.32 Å². The van der Waals surface area contributed by atoms with Gasteiger partial charge in [-0.05, 0) is 17.8 Å². The normalized spacial score (nSPS) is 30.0. The first kappa shape index (κ1) is 9.56. The SMILES string of the molecule is CC(C)C1C(=O)NC[C@@H]1C(C)C. The number of carbonyl (C=O) groups excluding carboxylic acids is 1. The van der Waals surface area contributed by atoms with Crippen molar-refractivity contribution in [2.45, 2.75) is 27.7 Å². The van der Waals surface area contributed by atoms with E-state index in [-0.39, 0.29) is 11.8 Å². The van der Waals surface area contributed by atoms with Gasteiger partial charge in [-0.1, -0.05) is 27.7 Å². The van der Waals surface area contributed by atoms with Crippen LogP contribution in [0.3, 0.4) is 0 Å². The molecule has 1 amide bonds. The molecule has 0 saturated carbocycles. The van der Waals surface area contributed by atoms with E-state index in [1.54, 1.807) is 0 Å². The van der Waals surface area contributed by atoms with E-state index in [9.17, 15) is 4.79 Å². The standard InChI is InChI=1S/C10H19NO/c1-6(2)8-5-11-10(12)9(8)7(3)4/h6-9H,5H2,1-4H3,(H,11,12)/t8-,9?/m1/s1. The molecular weight excluding hydrogens is 150 g/mol. The molecular formula is C10H19NO.